The maximum Gasteiger partial charge on any atom is 0.135 e. The zero-order valence-corrected chi connectivity index (χ0v) is 42.1. The summed E-state index contributed by atoms with van der Waals surface area (Å²) in [7, 11) is 2.08. The second-order valence-corrected chi connectivity index (χ2v) is 20.6. The van der Waals surface area contributed by atoms with Gasteiger partial charge in [-0.25, -0.2) is 4.98 Å². The normalized spacial score (nSPS) is 21.0. The molecule has 11 aromatic rings. The third kappa shape index (κ3) is 6.61. The Balaban J connectivity index is 0.00000482. The molecular weight excluding hydrogens is 1060 g/mol. The maximum absolute atomic E-state index is 6.89. The molecule has 4 aliphatic carbocycles. The molecule has 6 nitrogen and oxygen atoms in total. The fourth-order valence-electron chi connectivity index (χ4n) is 14.2. The van der Waals surface area contributed by atoms with Gasteiger partial charge in [-0.1, -0.05) is 115 Å². The summed E-state index contributed by atoms with van der Waals surface area (Å²) in [5, 5.41) is 4.85. The summed E-state index contributed by atoms with van der Waals surface area (Å²) in [6, 6.07) is 75.7. The molecule has 0 amide bonds. The van der Waals surface area contributed by atoms with E-state index in [9.17, 15) is 0 Å². The van der Waals surface area contributed by atoms with E-state index in [2.05, 4.69) is 233 Å². The largest absolute Gasteiger partial charge is 0.509 e. The smallest absolute Gasteiger partial charge is 0.135 e. The van der Waals surface area contributed by atoms with Gasteiger partial charge in [-0.2, -0.15) is 12.7 Å². The van der Waals surface area contributed by atoms with Crippen molar-refractivity contribution < 1.29 is 25.8 Å². The van der Waals surface area contributed by atoms with Crippen LogP contribution in [0.4, 0.5) is 17.1 Å². The first kappa shape index (κ1) is 43.4. The Hall–Kier alpha value is -7.40. The van der Waals surface area contributed by atoms with Crippen molar-refractivity contribution in [2.75, 3.05) is 16.8 Å². The molecule has 1 aliphatic heterocycles. The van der Waals surface area contributed by atoms with Gasteiger partial charge in [-0.3, -0.25) is 0 Å². The standard InChI is InChI=1S/C65H50N5O.Pt/c1-67-41-68(62-22-12-11-21-61(62)67)51-36-45(44-13-3-2-4-14-44)37-53(39-51)71-52-27-28-57-56-17-7-10-20-60(56)70(63(57)40-52)64-38-47(29-30-66-64)65(48-32-42-31-43(34-48)35-49(65)33-42)46-23-25-50(26-24-46)69-58-18-8-5-15-54(58)55-16-6-9-19-59(55)69;/h2-30,36-38,41-43,48-49H,31-35H2,1H3;/q-3;. The van der Waals surface area contributed by atoms with E-state index in [4.69, 9.17) is 9.72 Å². The number of nitrogens with zero attached hydrogens (tertiary/aromatic N) is 5. The fourth-order valence-corrected chi connectivity index (χ4v) is 14.2. The number of pyridine rings is 1. The topological polar surface area (TPSA) is 38.5 Å². The Labute approximate surface area is 434 Å². The van der Waals surface area contributed by atoms with Gasteiger partial charge in [-0.15, -0.1) is 47.0 Å². The van der Waals surface area contributed by atoms with Crippen molar-refractivity contribution in [3.8, 4) is 34.1 Å². The molecule has 4 bridgehead atoms. The minimum absolute atomic E-state index is 0. The SMILES string of the molecule is CN1[CH-]N(c2[c-]c(Oc3[c-]c4c(cc3)c3ccccc3n4-c3cc(C4(c5ccc(-n6c7ccccc7c7ccccc76)cc5)C5CC6CC(C5)CC4C6)ccn3)cc(-c3ccccc3)c2)c2ccccc21.[Pt]. The number of ether oxygens (including phenoxy) is 1. The number of anilines is 3. The number of hydrogen-bond donors (Lipinski definition) is 0. The van der Waals surface area contributed by atoms with E-state index in [0.717, 1.165) is 67.6 Å². The first-order valence-electron chi connectivity index (χ1n) is 25.3. The molecule has 354 valence electrons. The average Bonchev–Trinajstić information content (AvgIpc) is 4.06. The Kier molecular flexibility index (Phi) is 10.2. The van der Waals surface area contributed by atoms with Crippen LogP contribution in [0.15, 0.2) is 194 Å². The summed E-state index contributed by atoms with van der Waals surface area (Å²) < 4.78 is 11.7. The van der Waals surface area contributed by atoms with E-state index in [1.807, 2.05) is 6.07 Å². The Morgan fingerprint density at radius 1 is 0.528 bits per heavy atom. The molecule has 72 heavy (non-hydrogen) atoms. The summed E-state index contributed by atoms with van der Waals surface area (Å²) >= 11 is 0. The van der Waals surface area contributed by atoms with Crippen molar-refractivity contribution in [1.29, 1.82) is 0 Å². The molecule has 0 N–H and O–H groups in total. The molecule has 4 heterocycles. The molecule has 4 fully saturated rings. The summed E-state index contributed by atoms with van der Waals surface area (Å²) in [6.07, 6.45) is 8.61. The second kappa shape index (κ2) is 16.9. The van der Waals surface area contributed by atoms with Crippen LogP contribution in [0.25, 0.3) is 66.2 Å². The van der Waals surface area contributed by atoms with Gasteiger partial charge in [0.2, 0.25) is 0 Å². The van der Waals surface area contributed by atoms with Crippen molar-refractivity contribution in [3.63, 3.8) is 0 Å². The van der Waals surface area contributed by atoms with E-state index in [-0.39, 0.29) is 26.5 Å². The van der Waals surface area contributed by atoms with Crippen molar-refractivity contribution in [2.24, 2.45) is 23.7 Å². The monoisotopic (exact) mass is 1110 g/mol. The zero-order valence-electron chi connectivity index (χ0n) is 39.9. The molecular formula is C65H50N5OPt-3. The minimum atomic E-state index is -0.124. The zero-order chi connectivity index (χ0) is 46.8. The van der Waals surface area contributed by atoms with Crippen LogP contribution >= 0.6 is 0 Å². The van der Waals surface area contributed by atoms with Crippen molar-refractivity contribution >= 4 is 60.7 Å². The van der Waals surface area contributed by atoms with E-state index >= 15 is 0 Å². The van der Waals surface area contributed by atoms with Crippen molar-refractivity contribution in [1.82, 2.24) is 14.1 Å². The predicted molar refractivity (Wildman–Crippen MR) is 288 cm³/mol. The molecule has 0 atom stereocenters. The van der Waals surface area contributed by atoms with Crippen LogP contribution < -0.4 is 14.5 Å². The Morgan fingerprint density at radius 3 is 1.83 bits per heavy atom. The summed E-state index contributed by atoms with van der Waals surface area (Å²) in [4.78, 5) is 9.58. The molecule has 0 spiro atoms. The van der Waals surface area contributed by atoms with Gasteiger partial charge in [0.25, 0.3) is 0 Å². The molecule has 8 aromatic carbocycles. The van der Waals surface area contributed by atoms with Crippen LogP contribution in [0.1, 0.15) is 43.2 Å². The van der Waals surface area contributed by atoms with Crippen LogP contribution in [0, 0.1) is 42.5 Å². The molecule has 0 unspecified atom stereocenters. The van der Waals surface area contributed by atoms with Gasteiger partial charge >= 0.3 is 0 Å². The number of fused-ring (bicyclic) bond motifs is 7. The van der Waals surface area contributed by atoms with E-state index in [1.165, 1.54) is 70.7 Å². The quantitative estimate of drug-likeness (QED) is 0.142. The number of para-hydroxylation sites is 5. The number of rotatable bonds is 8. The molecule has 0 saturated heterocycles. The van der Waals surface area contributed by atoms with Gasteiger partial charge in [0.1, 0.15) is 5.82 Å². The molecule has 0 radical (unpaired) electrons. The number of aromatic nitrogens is 3. The fraction of sp³-hybridized carbons (Fsp3) is 0.169. The van der Waals surface area contributed by atoms with Gasteiger partial charge in [0.05, 0.1) is 11.0 Å². The Morgan fingerprint density at radius 2 is 1.14 bits per heavy atom. The summed E-state index contributed by atoms with van der Waals surface area (Å²) in [5.41, 5.74) is 13.7. The first-order valence-corrected chi connectivity index (χ1v) is 25.3. The summed E-state index contributed by atoms with van der Waals surface area (Å²) in [6.45, 7) is 2.11. The average molecular weight is 1110 g/mol. The number of hydrogen-bond acceptors (Lipinski definition) is 4. The third-order valence-electron chi connectivity index (χ3n) is 16.8. The molecule has 16 rings (SSSR count). The van der Waals surface area contributed by atoms with Gasteiger partial charge in [-0.05, 0) is 139 Å². The van der Waals surface area contributed by atoms with E-state index in [1.54, 1.807) is 0 Å². The van der Waals surface area contributed by atoms with Crippen molar-refractivity contribution in [2.45, 2.75) is 37.5 Å². The molecule has 7 heteroatoms. The Bertz CT molecular complexity index is 3810. The predicted octanol–water partition coefficient (Wildman–Crippen LogP) is 15.8. The van der Waals surface area contributed by atoms with Crippen LogP contribution in [-0.4, -0.2) is 21.2 Å². The van der Waals surface area contributed by atoms with Gasteiger partial charge < -0.3 is 23.7 Å². The molecule has 4 saturated carbocycles. The van der Waals surface area contributed by atoms with Crippen molar-refractivity contribution in [3.05, 3.63) is 224 Å². The van der Waals surface area contributed by atoms with Crippen LogP contribution in [0.2, 0.25) is 0 Å². The van der Waals surface area contributed by atoms with E-state index in [0.29, 0.717) is 23.3 Å². The number of benzene rings is 8. The second-order valence-electron chi connectivity index (χ2n) is 20.6. The molecule has 3 aromatic heterocycles. The van der Waals surface area contributed by atoms with E-state index < -0.39 is 0 Å². The van der Waals surface area contributed by atoms with Crippen LogP contribution in [-0.2, 0) is 26.5 Å². The summed E-state index contributed by atoms with van der Waals surface area (Å²) in [5.74, 6) is 4.92. The van der Waals surface area contributed by atoms with Crippen LogP contribution in [0.3, 0.4) is 0 Å². The minimum Gasteiger partial charge on any atom is -0.509 e. The third-order valence-corrected chi connectivity index (χ3v) is 16.8. The molecule has 5 aliphatic rings. The van der Waals surface area contributed by atoms with Crippen LogP contribution in [0.5, 0.6) is 11.5 Å². The van der Waals surface area contributed by atoms with Gasteiger partial charge in [0, 0.05) is 77.5 Å². The first-order chi connectivity index (χ1) is 35.0. The maximum atomic E-state index is 6.89. The van der Waals surface area contributed by atoms with Gasteiger partial charge in [0.15, 0.2) is 0 Å².